The largest absolute Gasteiger partial charge is 0.295 e. The monoisotopic (exact) mass is 244 g/mol. The zero-order valence-corrected chi connectivity index (χ0v) is 12.2. The number of fused-ring (bicyclic) bond motifs is 1. The second-order valence-corrected chi connectivity index (χ2v) is 6.63. The Balaban J connectivity index is 2.57. The Kier molecular flexibility index (Phi) is 3.35. The van der Waals surface area contributed by atoms with Gasteiger partial charge in [0.05, 0.1) is 0 Å². The van der Waals surface area contributed by atoms with Crippen LogP contribution in [-0.4, -0.2) is 5.78 Å². The number of carbonyl (C=O) groups is 1. The summed E-state index contributed by atoms with van der Waals surface area (Å²) in [5.41, 5.74) is 3.96. The van der Waals surface area contributed by atoms with Crippen molar-refractivity contribution in [3.05, 3.63) is 34.9 Å². The highest BCUT2D eigenvalue weighted by molar-refractivity contribution is 5.94. The predicted molar refractivity (Wildman–Crippen MR) is 76.3 cm³/mol. The molecule has 1 aromatic rings. The molecule has 2 rings (SSSR count). The molecule has 0 amide bonds. The first-order valence-corrected chi connectivity index (χ1v) is 6.98. The van der Waals surface area contributed by atoms with Crippen molar-refractivity contribution in [1.82, 2.24) is 0 Å². The van der Waals surface area contributed by atoms with E-state index in [-0.39, 0.29) is 11.2 Å². The maximum absolute atomic E-state index is 11.6. The van der Waals surface area contributed by atoms with E-state index in [0.29, 0.717) is 11.8 Å². The lowest BCUT2D eigenvalue weighted by Gasteiger charge is -2.39. The molecule has 0 aliphatic heterocycles. The molecule has 0 saturated carbocycles. The minimum absolute atomic E-state index is 0.170. The lowest BCUT2D eigenvalue weighted by Crippen LogP contribution is -2.28. The minimum atomic E-state index is 0.170. The Hall–Kier alpha value is -1.11. The summed E-state index contributed by atoms with van der Waals surface area (Å²) in [6.45, 7) is 10.9. The van der Waals surface area contributed by atoms with Crippen molar-refractivity contribution >= 4 is 5.78 Å². The number of hydrogen-bond acceptors (Lipinski definition) is 1. The molecular weight excluding hydrogens is 220 g/mol. The van der Waals surface area contributed by atoms with Crippen LogP contribution in [0.4, 0.5) is 0 Å². The molecule has 98 valence electrons. The van der Waals surface area contributed by atoms with Crippen LogP contribution < -0.4 is 0 Å². The second kappa shape index (κ2) is 4.53. The van der Waals surface area contributed by atoms with Gasteiger partial charge in [-0.05, 0) is 54.2 Å². The van der Waals surface area contributed by atoms with Crippen molar-refractivity contribution in [2.75, 3.05) is 0 Å². The van der Waals surface area contributed by atoms with Gasteiger partial charge in [0.1, 0.15) is 0 Å². The molecular formula is C17H24O. The van der Waals surface area contributed by atoms with Crippen LogP contribution in [-0.2, 0) is 5.41 Å². The third-order valence-corrected chi connectivity index (χ3v) is 4.47. The second-order valence-electron chi connectivity index (χ2n) is 6.63. The van der Waals surface area contributed by atoms with Crippen molar-refractivity contribution < 1.29 is 4.79 Å². The zero-order chi connectivity index (χ0) is 13.5. The quantitative estimate of drug-likeness (QED) is 0.689. The highest BCUT2D eigenvalue weighted by Crippen LogP contribution is 2.45. The summed E-state index contributed by atoms with van der Waals surface area (Å²) in [4.78, 5) is 11.6. The maximum Gasteiger partial charge on any atom is 0.159 e. The standard InChI is InChI=1S/C17H24O/c1-11(2)14-8-9-17(4,5)16-7-6-13(12(3)18)10-15(14)16/h6-7,10-11,14H,8-9H2,1-5H3/t14-/m1/s1. The summed E-state index contributed by atoms with van der Waals surface area (Å²) >= 11 is 0. The molecule has 0 unspecified atom stereocenters. The average Bonchev–Trinajstić information content (AvgIpc) is 2.27. The van der Waals surface area contributed by atoms with Gasteiger partial charge in [-0.2, -0.15) is 0 Å². The van der Waals surface area contributed by atoms with Gasteiger partial charge in [-0.3, -0.25) is 4.79 Å². The number of Topliss-reactive ketones (excluding diaryl/α,β-unsaturated/α-hetero) is 1. The van der Waals surface area contributed by atoms with Crippen molar-refractivity contribution in [3.8, 4) is 0 Å². The van der Waals surface area contributed by atoms with Gasteiger partial charge in [0.2, 0.25) is 0 Å². The Morgan fingerprint density at radius 3 is 2.56 bits per heavy atom. The van der Waals surface area contributed by atoms with Gasteiger partial charge in [-0.25, -0.2) is 0 Å². The lowest BCUT2D eigenvalue weighted by atomic mass is 9.66. The molecule has 0 spiro atoms. The highest BCUT2D eigenvalue weighted by Gasteiger charge is 2.33. The normalized spacial score (nSPS) is 21.8. The average molecular weight is 244 g/mol. The first-order chi connectivity index (χ1) is 8.33. The van der Waals surface area contributed by atoms with Gasteiger partial charge in [0, 0.05) is 5.56 Å². The van der Waals surface area contributed by atoms with E-state index in [2.05, 4.69) is 39.8 Å². The minimum Gasteiger partial charge on any atom is -0.295 e. The van der Waals surface area contributed by atoms with Crippen LogP contribution in [0.3, 0.4) is 0 Å². The van der Waals surface area contributed by atoms with E-state index in [1.165, 1.54) is 24.0 Å². The molecule has 1 atom stereocenters. The topological polar surface area (TPSA) is 17.1 Å². The predicted octanol–water partition coefficient (Wildman–Crippen LogP) is 4.70. The summed E-state index contributed by atoms with van der Waals surface area (Å²) in [5.74, 6) is 1.41. The fourth-order valence-electron chi connectivity index (χ4n) is 3.20. The van der Waals surface area contributed by atoms with Crippen LogP contribution in [0.1, 0.15) is 74.9 Å². The summed E-state index contributed by atoms with van der Waals surface area (Å²) in [5, 5.41) is 0. The van der Waals surface area contributed by atoms with Crippen LogP contribution in [0.2, 0.25) is 0 Å². The van der Waals surface area contributed by atoms with Crippen LogP contribution in [0, 0.1) is 5.92 Å². The van der Waals surface area contributed by atoms with Gasteiger partial charge in [0.15, 0.2) is 5.78 Å². The third-order valence-electron chi connectivity index (χ3n) is 4.47. The summed E-state index contributed by atoms with van der Waals surface area (Å²) in [6.07, 6.45) is 2.47. The number of rotatable bonds is 2. The molecule has 1 aromatic carbocycles. The van der Waals surface area contributed by atoms with Crippen LogP contribution in [0.25, 0.3) is 0 Å². The van der Waals surface area contributed by atoms with Crippen molar-refractivity contribution in [1.29, 1.82) is 0 Å². The van der Waals surface area contributed by atoms with Gasteiger partial charge < -0.3 is 0 Å². The molecule has 18 heavy (non-hydrogen) atoms. The molecule has 0 bridgehead atoms. The SMILES string of the molecule is CC(=O)c1ccc2c(c1)[C@@H](C(C)C)CCC2(C)C. The van der Waals surface area contributed by atoms with Crippen molar-refractivity contribution in [3.63, 3.8) is 0 Å². The van der Waals surface area contributed by atoms with E-state index in [1.54, 1.807) is 6.92 Å². The van der Waals surface area contributed by atoms with E-state index >= 15 is 0 Å². The molecule has 0 radical (unpaired) electrons. The Morgan fingerprint density at radius 2 is 2.00 bits per heavy atom. The summed E-state index contributed by atoms with van der Waals surface area (Å²) < 4.78 is 0. The Bertz CT molecular complexity index is 468. The summed E-state index contributed by atoms with van der Waals surface area (Å²) in [6, 6.07) is 6.31. The third kappa shape index (κ3) is 2.23. The maximum atomic E-state index is 11.6. The van der Waals surface area contributed by atoms with E-state index in [1.807, 2.05) is 6.07 Å². The van der Waals surface area contributed by atoms with E-state index in [9.17, 15) is 4.79 Å². The van der Waals surface area contributed by atoms with Gasteiger partial charge >= 0.3 is 0 Å². The van der Waals surface area contributed by atoms with Crippen molar-refractivity contribution in [2.24, 2.45) is 5.92 Å². The molecule has 1 aliphatic rings. The number of benzene rings is 1. The molecule has 0 fully saturated rings. The van der Waals surface area contributed by atoms with Crippen LogP contribution >= 0.6 is 0 Å². The molecule has 0 heterocycles. The first kappa shape index (κ1) is 13.3. The van der Waals surface area contributed by atoms with Gasteiger partial charge in [0.25, 0.3) is 0 Å². The smallest absolute Gasteiger partial charge is 0.159 e. The lowest BCUT2D eigenvalue weighted by molar-refractivity contribution is 0.101. The van der Waals surface area contributed by atoms with E-state index in [4.69, 9.17) is 0 Å². The highest BCUT2D eigenvalue weighted by atomic mass is 16.1. The zero-order valence-electron chi connectivity index (χ0n) is 12.2. The molecule has 0 aromatic heterocycles. The number of hydrogen-bond donors (Lipinski definition) is 0. The molecule has 1 aliphatic carbocycles. The number of carbonyl (C=O) groups excluding carboxylic acids is 1. The Labute approximate surface area is 111 Å². The van der Waals surface area contributed by atoms with Crippen LogP contribution in [0.15, 0.2) is 18.2 Å². The fourth-order valence-corrected chi connectivity index (χ4v) is 3.20. The molecule has 1 heteroatoms. The summed E-state index contributed by atoms with van der Waals surface area (Å²) in [7, 11) is 0. The van der Waals surface area contributed by atoms with Gasteiger partial charge in [-0.1, -0.05) is 39.8 Å². The first-order valence-electron chi connectivity index (χ1n) is 6.98. The molecule has 1 nitrogen and oxygen atoms in total. The fraction of sp³-hybridized carbons (Fsp3) is 0.588. The van der Waals surface area contributed by atoms with E-state index < -0.39 is 0 Å². The van der Waals surface area contributed by atoms with E-state index in [0.717, 1.165) is 5.56 Å². The van der Waals surface area contributed by atoms with Crippen molar-refractivity contribution in [2.45, 2.75) is 58.8 Å². The van der Waals surface area contributed by atoms with Gasteiger partial charge in [-0.15, -0.1) is 0 Å². The number of ketones is 1. The van der Waals surface area contributed by atoms with Crippen LogP contribution in [0.5, 0.6) is 0 Å². The Morgan fingerprint density at radius 1 is 1.33 bits per heavy atom. The molecule has 0 saturated heterocycles. The molecule has 0 N–H and O–H groups in total.